The molecule has 0 aromatic heterocycles. The first-order chi connectivity index (χ1) is 8.16. The monoisotopic (exact) mass is 227 g/mol. The molecule has 2 heteroatoms. The Kier molecular flexibility index (Phi) is 3.43. The molecule has 0 unspecified atom stereocenters. The van der Waals surface area contributed by atoms with E-state index in [1.54, 1.807) is 6.92 Å². The Morgan fingerprint density at radius 1 is 1.18 bits per heavy atom. The molecule has 1 atom stereocenters. The van der Waals surface area contributed by atoms with Crippen molar-refractivity contribution in [2.75, 3.05) is 0 Å². The summed E-state index contributed by atoms with van der Waals surface area (Å²) in [6.07, 6.45) is 0.862. The Morgan fingerprint density at radius 3 is 2.65 bits per heavy atom. The number of carbonyl (C=O) groups excluding carboxylic acids is 1. The van der Waals surface area contributed by atoms with Crippen LogP contribution in [0.25, 0.3) is 10.8 Å². The first kappa shape index (κ1) is 11.6. The number of hydrogen-bond donors (Lipinski definition) is 1. The molecule has 0 heterocycles. The molecule has 2 nitrogen and oxygen atoms in total. The van der Waals surface area contributed by atoms with Gasteiger partial charge in [-0.15, -0.1) is 0 Å². The first-order valence-corrected chi connectivity index (χ1v) is 5.90. The van der Waals surface area contributed by atoms with Crippen molar-refractivity contribution in [1.29, 1.82) is 0 Å². The molecule has 0 radical (unpaired) electrons. The fourth-order valence-corrected chi connectivity index (χ4v) is 2.20. The van der Waals surface area contributed by atoms with Crippen molar-refractivity contribution < 1.29 is 4.79 Å². The fourth-order valence-electron chi connectivity index (χ4n) is 2.20. The van der Waals surface area contributed by atoms with Gasteiger partial charge in [0.25, 0.3) is 0 Å². The minimum atomic E-state index is 0.0257. The standard InChI is InChI=1S/C15H17NO/c1-11(16-12(2)17)10-14-8-5-7-13-6-3-4-9-15(13)14/h3-9,11H,10H2,1-2H3,(H,16,17)/t11-/m0/s1. The number of amides is 1. The van der Waals surface area contributed by atoms with Crippen LogP contribution < -0.4 is 5.32 Å². The second kappa shape index (κ2) is 5.00. The molecule has 0 saturated carbocycles. The molecule has 0 aliphatic carbocycles. The molecule has 2 rings (SSSR count). The normalized spacial score (nSPS) is 12.4. The van der Waals surface area contributed by atoms with Gasteiger partial charge in [-0.25, -0.2) is 0 Å². The van der Waals surface area contributed by atoms with Gasteiger partial charge in [0.1, 0.15) is 0 Å². The van der Waals surface area contributed by atoms with Gasteiger partial charge in [0, 0.05) is 13.0 Å². The maximum Gasteiger partial charge on any atom is 0.217 e. The van der Waals surface area contributed by atoms with Crippen LogP contribution in [0, 0.1) is 0 Å². The molecule has 1 amide bonds. The molecule has 17 heavy (non-hydrogen) atoms. The van der Waals surface area contributed by atoms with Crippen molar-refractivity contribution in [2.45, 2.75) is 26.3 Å². The molecule has 0 fully saturated rings. The zero-order valence-electron chi connectivity index (χ0n) is 10.2. The predicted octanol–water partition coefficient (Wildman–Crippen LogP) is 2.91. The molecule has 0 saturated heterocycles. The molecule has 0 aliphatic heterocycles. The molecule has 1 N–H and O–H groups in total. The Labute approximate surface area is 102 Å². The average Bonchev–Trinajstić information content (AvgIpc) is 2.28. The van der Waals surface area contributed by atoms with Gasteiger partial charge in [-0.05, 0) is 29.7 Å². The van der Waals surface area contributed by atoms with Gasteiger partial charge in [0.2, 0.25) is 5.91 Å². The third-order valence-corrected chi connectivity index (χ3v) is 2.86. The second-order valence-corrected chi connectivity index (χ2v) is 4.44. The van der Waals surface area contributed by atoms with Crippen molar-refractivity contribution in [3.8, 4) is 0 Å². The van der Waals surface area contributed by atoms with E-state index >= 15 is 0 Å². The third kappa shape index (κ3) is 2.84. The summed E-state index contributed by atoms with van der Waals surface area (Å²) in [5.41, 5.74) is 1.28. The highest BCUT2D eigenvalue weighted by molar-refractivity contribution is 5.85. The van der Waals surface area contributed by atoms with Crippen LogP contribution >= 0.6 is 0 Å². The van der Waals surface area contributed by atoms with Gasteiger partial charge in [-0.1, -0.05) is 42.5 Å². The summed E-state index contributed by atoms with van der Waals surface area (Å²) in [5, 5.41) is 5.44. The summed E-state index contributed by atoms with van der Waals surface area (Å²) in [6.45, 7) is 3.59. The van der Waals surface area contributed by atoms with Crippen LogP contribution in [-0.4, -0.2) is 11.9 Å². The summed E-state index contributed by atoms with van der Waals surface area (Å²) in [7, 11) is 0. The van der Waals surface area contributed by atoms with Crippen molar-refractivity contribution in [3.63, 3.8) is 0 Å². The largest absolute Gasteiger partial charge is 0.354 e. The minimum Gasteiger partial charge on any atom is -0.354 e. The van der Waals surface area contributed by atoms with Crippen LogP contribution in [0.2, 0.25) is 0 Å². The number of benzene rings is 2. The summed E-state index contributed by atoms with van der Waals surface area (Å²) < 4.78 is 0. The van der Waals surface area contributed by atoms with Crippen molar-refractivity contribution in [1.82, 2.24) is 5.32 Å². The predicted molar refractivity (Wildman–Crippen MR) is 70.9 cm³/mol. The van der Waals surface area contributed by atoms with Gasteiger partial charge >= 0.3 is 0 Å². The van der Waals surface area contributed by atoms with Crippen molar-refractivity contribution >= 4 is 16.7 Å². The zero-order valence-corrected chi connectivity index (χ0v) is 10.2. The van der Waals surface area contributed by atoms with Crippen molar-refractivity contribution in [3.05, 3.63) is 48.0 Å². The van der Waals surface area contributed by atoms with E-state index in [1.165, 1.54) is 16.3 Å². The van der Waals surface area contributed by atoms with Crippen LogP contribution in [-0.2, 0) is 11.2 Å². The highest BCUT2D eigenvalue weighted by atomic mass is 16.1. The minimum absolute atomic E-state index is 0.0257. The van der Waals surface area contributed by atoms with Gasteiger partial charge in [-0.2, -0.15) is 0 Å². The van der Waals surface area contributed by atoms with Crippen LogP contribution in [0.15, 0.2) is 42.5 Å². The lowest BCUT2D eigenvalue weighted by Gasteiger charge is -2.14. The second-order valence-electron chi connectivity index (χ2n) is 4.44. The average molecular weight is 227 g/mol. The SMILES string of the molecule is CC(=O)N[C@@H](C)Cc1cccc2ccccc12. The van der Waals surface area contributed by atoms with E-state index in [9.17, 15) is 4.79 Å². The maximum atomic E-state index is 11.0. The Bertz CT molecular complexity index is 528. The lowest BCUT2D eigenvalue weighted by molar-refractivity contribution is -0.119. The topological polar surface area (TPSA) is 29.1 Å². The number of hydrogen-bond acceptors (Lipinski definition) is 1. The molecule has 2 aromatic rings. The van der Waals surface area contributed by atoms with Crippen LogP contribution in [0.1, 0.15) is 19.4 Å². The van der Waals surface area contributed by atoms with E-state index in [0.717, 1.165) is 6.42 Å². The molecule has 0 aliphatic rings. The molecule has 0 spiro atoms. The smallest absolute Gasteiger partial charge is 0.217 e. The maximum absolute atomic E-state index is 11.0. The Balaban J connectivity index is 2.26. The van der Waals surface area contributed by atoms with Gasteiger partial charge in [0.05, 0.1) is 0 Å². The van der Waals surface area contributed by atoms with E-state index in [2.05, 4.69) is 41.7 Å². The van der Waals surface area contributed by atoms with Crippen LogP contribution in [0.5, 0.6) is 0 Å². The van der Waals surface area contributed by atoms with Gasteiger partial charge in [0.15, 0.2) is 0 Å². The summed E-state index contributed by atoms with van der Waals surface area (Å²) in [4.78, 5) is 11.0. The Hall–Kier alpha value is -1.83. The quantitative estimate of drug-likeness (QED) is 0.858. The number of carbonyl (C=O) groups is 1. The zero-order chi connectivity index (χ0) is 12.3. The summed E-state index contributed by atoms with van der Waals surface area (Å²) in [5.74, 6) is 0.0257. The number of fused-ring (bicyclic) bond motifs is 1. The molecule has 88 valence electrons. The van der Waals surface area contributed by atoms with E-state index in [-0.39, 0.29) is 11.9 Å². The van der Waals surface area contributed by atoms with Gasteiger partial charge < -0.3 is 5.32 Å². The lowest BCUT2D eigenvalue weighted by Crippen LogP contribution is -2.32. The molecule has 0 bridgehead atoms. The first-order valence-electron chi connectivity index (χ1n) is 5.90. The Morgan fingerprint density at radius 2 is 1.88 bits per heavy atom. The van der Waals surface area contributed by atoms with Crippen LogP contribution in [0.3, 0.4) is 0 Å². The molecule has 2 aromatic carbocycles. The van der Waals surface area contributed by atoms with Crippen molar-refractivity contribution in [2.24, 2.45) is 0 Å². The number of rotatable bonds is 3. The lowest BCUT2D eigenvalue weighted by atomic mass is 9.99. The van der Waals surface area contributed by atoms with Crippen LogP contribution in [0.4, 0.5) is 0 Å². The van der Waals surface area contributed by atoms with Gasteiger partial charge in [-0.3, -0.25) is 4.79 Å². The molecular formula is C15H17NO. The fraction of sp³-hybridized carbons (Fsp3) is 0.267. The summed E-state index contributed by atoms with van der Waals surface area (Å²) in [6, 6.07) is 14.8. The van der Waals surface area contributed by atoms with E-state index in [4.69, 9.17) is 0 Å². The van der Waals surface area contributed by atoms with E-state index in [1.807, 2.05) is 13.0 Å². The molecular weight excluding hydrogens is 210 g/mol. The third-order valence-electron chi connectivity index (χ3n) is 2.86. The van der Waals surface area contributed by atoms with E-state index in [0.29, 0.717) is 0 Å². The summed E-state index contributed by atoms with van der Waals surface area (Å²) >= 11 is 0. The highest BCUT2D eigenvalue weighted by Crippen LogP contribution is 2.19. The highest BCUT2D eigenvalue weighted by Gasteiger charge is 2.07. The van der Waals surface area contributed by atoms with E-state index < -0.39 is 0 Å². The number of nitrogens with one attached hydrogen (secondary N) is 1.